The summed E-state index contributed by atoms with van der Waals surface area (Å²) in [4.78, 5) is 10.9. The van der Waals surface area contributed by atoms with Gasteiger partial charge in [-0.25, -0.2) is 0 Å². The van der Waals surface area contributed by atoms with E-state index in [4.69, 9.17) is 9.26 Å². The molecule has 10 heteroatoms. The van der Waals surface area contributed by atoms with Crippen LogP contribution in [-0.2, 0) is 11.3 Å². The van der Waals surface area contributed by atoms with Crippen molar-refractivity contribution in [3.8, 4) is 6.07 Å². The van der Waals surface area contributed by atoms with Crippen LogP contribution in [-0.4, -0.2) is 48.9 Å². The maximum atomic E-state index is 9.39. The molecule has 0 saturated carbocycles. The summed E-state index contributed by atoms with van der Waals surface area (Å²) in [6.07, 6.45) is 1.87. The normalized spacial score (nSPS) is 17.4. The van der Waals surface area contributed by atoms with E-state index < -0.39 is 0 Å². The Morgan fingerprint density at radius 1 is 1.45 bits per heavy atom. The fourth-order valence-corrected chi connectivity index (χ4v) is 3.53. The van der Waals surface area contributed by atoms with Gasteiger partial charge in [-0.15, -0.1) is 24.0 Å². The number of halogens is 1. The van der Waals surface area contributed by atoms with Gasteiger partial charge in [-0.05, 0) is 38.8 Å². The third-order valence-electron chi connectivity index (χ3n) is 5.02. The van der Waals surface area contributed by atoms with Crippen LogP contribution in [0.2, 0.25) is 0 Å². The van der Waals surface area contributed by atoms with Crippen LogP contribution in [0.1, 0.15) is 50.1 Å². The van der Waals surface area contributed by atoms with E-state index in [2.05, 4.69) is 36.7 Å². The molecule has 3 rings (SSSR count). The molecular formula is C21H30IN7O2. The largest absolute Gasteiger partial charge is 0.371 e. The Kier molecular flexibility index (Phi) is 10.00. The highest BCUT2D eigenvalue weighted by molar-refractivity contribution is 14.0. The average molecular weight is 539 g/mol. The summed E-state index contributed by atoms with van der Waals surface area (Å²) >= 11 is 0. The predicted octanol–water partition coefficient (Wildman–Crippen LogP) is 2.99. The van der Waals surface area contributed by atoms with E-state index >= 15 is 0 Å². The average Bonchev–Trinajstić information content (AvgIpc) is 3.26. The van der Waals surface area contributed by atoms with E-state index in [-0.39, 0.29) is 36.1 Å². The van der Waals surface area contributed by atoms with Gasteiger partial charge in [-0.2, -0.15) is 10.2 Å². The minimum absolute atomic E-state index is 0. The SMILES string of the molecule is CCOC(C)c1noc(CNC(=NC)NC2CCCN(c3ccccc3C#N)C2)n1.I. The van der Waals surface area contributed by atoms with Gasteiger partial charge in [-0.1, -0.05) is 17.3 Å². The van der Waals surface area contributed by atoms with Crippen LogP contribution in [0.4, 0.5) is 5.69 Å². The molecule has 1 aliphatic heterocycles. The molecule has 2 heterocycles. The van der Waals surface area contributed by atoms with Gasteiger partial charge in [0, 0.05) is 32.8 Å². The molecule has 0 bridgehead atoms. The van der Waals surface area contributed by atoms with Gasteiger partial charge in [0.1, 0.15) is 12.2 Å². The number of rotatable bonds is 7. The second kappa shape index (κ2) is 12.5. The van der Waals surface area contributed by atoms with Crippen LogP contribution in [0.15, 0.2) is 33.8 Å². The Labute approximate surface area is 200 Å². The highest BCUT2D eigenvalue weighted by atomic mass is 127. The first-order chi connectivity index (χ1) is 14.6. The quantitative estimate of drug-likeness (QED) is 0.314. The number of nitrogens with one attached hydrogen (secondary N) is 2. The molecule has 0 spiro atoms. The Morgan fingerprint density at radius 2 is 2.26 bits per heavy atom. The molecule has 2 unspecified atom stereocenters. The number of guanidine groups is 1. The van der Waals surface area contributed by atoms with Crippen LogP contribution < -0.4 is 15.5 Å². The first kappa shape index (κ1) is 24.9. The summed E-state index contributed by atoms with van der Waals surface area (Å²) in [6.45, 7) is 6.53. The summed E-state index contributed by atoms with van der Waals surface area (Å²) in [6, 6.07) is 10.2. The highest BCUT2D eigenvalue weighted by Crippen LogP contribution is 2.23. The molecule has 0 amide bonds. The number of hydrogen-bond donors (Lipinski definition) is 2. The maximum Gasteiger partial charge on any atom is 0.246 e. The molecule has 1 aromatic heterocycles. The third kappa shape index (κ3) is 6.80. The van der Waals surface area contributed by atoms with E-state index in [1.165, 1.54) is 0 Å². The van der Waals surface area contributed by atoms with Crippen molar-refractivity contribution in [2.45, 2.75) is 45.4 Å². The van der Waals surface area contributed by atoms with Gasteiger partial charge in [0.2, 0.25) is 5.89 Å². The molecule has 0 aliphatic carbocycles. The Hall–Kier alpha value is -2.39. The van der Waals surface area contributed by atoms with Crippen molar-refractivity contribution in [2.24, 2.45) is 4.99 Å². The van der Waals surface area contributed by atoms with Gasteiger partial charge in [-0.3, -0.25) is 4.99 Å². The number of aliphatic imine (C=N–C) groups is 1. The number of piperidine rings is 1. The highest BCUT2D eigenvalue weighted by Gasteiger charge is 2.23. The molecule has 2 N–H and O–H groups in total. The summed E-state index contributed by atoms with van der Waals surface area (Å²) in [7, 11) is 1.73. The minimum atomic E-state index is -0.200. The van der Waals surface area contributed by atoms with E-state index in [1.807, 2.05) is 38.1 Å². The summed E-state index contributed by atoms with van der Waals surface area (Å²) < 4.78 is 10.8. The zero-order chi connectivity index (χ0) is 21.3. The lowest BCUT2D eigenvalue weighted by molar-refractivity contribution is 0.0683. The maximum absolute atomic E-state index is 9.39. The molecule has 1 fully saturated rings. The molecule has 9 nitrogen and oxygen atoms in total. The second-order valence-electron chi connectivity index (χ2n) is 7.13. The van der Waals surface area contributed by atoms with Crippen molar-refractivity contribution in [3.05, 3.63) is 41.5 Å². The minimum Gasteiger partial charge on any atom is -0.371 e. The molecule has 1 aromatic carbocycles. The molecule has 1 saturated heterocycles. The smallest absolute Gasteiger partial charge is 0.246 e. The Balaban J connectivity index is 0.00000341. The summed E-state index contributed by atoms with van der Waals surface area (Å²) in [5.74, 6) is 1.69. The van der Waals surface area contributed by atoms with E-state index in [0.717, 1.165) is 31.6 Å². The lowest BCUT2D eigenvalue weighted by Gasteiger charge is -2.35. The van der Waals surface area contributed by atoms with Crippen molar-refractivity contribution in [3.63, 3.8) is 0 Å². The number of anilines is 1. The van der Waals surface area contributed by atoms with Gasteiger partial charge >= 0.3 is 0 Å². The molecule has 0 radical (unpaired) electrons. The van der Waals surface area contributed by atoms with E-state index in [0.29, 0.717) is 36.4 Å². The summed E-state index contributed by atoms with van der Waals surface area (Å²) in [5, 5.41) is 20.1. The standard InChI is InChI=1S/C21H29N7O2.HI/c1-4-29-15(2)20-26-19(30-27-20)13-24-21(23-3)25-17-9-7-11-28(14-17)18-10-6-5-8-16(18)12-22;/h5-6,8,10,15,17H,4,7,9,11,13-14H2,1-3H3,(H2,23,24,25);1H. The van der Waals surface area contributed by atoms with Gasteiger partial charge < -0.3 is 24.8 Å². The van der Waals surface area contributed by atoms with Crippen molar-refractivity contribution >= 4 is 35.6 Å². The fourth-order valence-electron chi connectivity index (χ4n) is 3.53. The zero-order valence-corrected chi connectivity index (χ0v) is 20.5. The Bertz CT molecular complexity index is 896. The predicted molar refractivity (Wildman–Crippen MR) is 129 cm³/mol. The molecule has 2 aromatic rings. The number of nitrogens with zero attached hydrogens (tertiary/aromatic N) is 5. The monoisotopic (exact) mass is 539 g/mol. The summed E-state index contributed by atoms with van der Waals surface area (Å²) in [5.41, 5.74) is 1.69. The Morgan fingerprint density at radius 3 is 3.00 bits per heavy atom. The van der Waals surface area contributed by atoms with Crippen LogP contribution in [0, 0.1) is 11.3 Å². The number of nitriles is 1. The van der Waals surface area contributed by atoms with Crippen LogP contribution in [0.25, 0.3) is 0 Å². The van der Waals surface area contributed by atoms with Crippen LogP contribution in [0.5, 0.6) is 0 Å². The van der Waals surface area contributed by atoms with Crippen molar-refractivity contribution < 1.29 is 9.26 Å². The van der Waals surface area contributed by atoms with Gasteiger partial charge in [0.15, 0.2) is 11.8 Å². The number of ether oxygens (including phenoxy) is 1. The van der Waals surface area contributed by atoms with Crippen LogP contribution >= 0.6 is 24.0 Å². The lowest BCUT2D eigenvalue weighted by Crippen LogP contribution is -2.51. The third-order valence-corrected chi connectivity index (χ3v) is 5.02. The molecule has 31 heavy (non-hydrogen) atoms. The number of aromatic nitrogens is 2. The first-order valence-corrected chi connectivity index (χ1v) is 10.3. The van der Waals surface area contributed by atoms with E-state index in [9.17, 15) is 5.26 Å². The fraction of sp³-hybridized carbons (Fsp3) is 0.524. The van der Waals surface area contributed by atoms with Crippen molar-refractivity contribution in [2.75, 3.05) is 31.6 Å². The molecular weight excluding hydrogens is 509 g/mol. The molecule has 1 aliphatic rings. The van der Waals surface area contributed by atoms with Crippen LogP contribution in [0.3, 0.4) is 0 Å². The van der Waals surface area contributed by atoms with Crippen molar-refractivity contribution in [1.82, 2.24) is 20.8 Å². The van der Waals surface area contributed by atoms with E-state index in [1.54, 1.807) is 7.05 Å². The number of benzene rings is 1. The molecule has 168 valence electrons. The van der Waals surface area contributed by atoms with Gasteiger partial charge in [0.25, 0.3) is 0 Å². The number of hydrogen-bond acceptors (Lipinski definition) is 7. The lowest BCUT2D eigenvalue weighted by atomic mass is 10.0. The first-order valence-electron chi connectivity index (χ1n) is 10.3. The topological polar surface area (TPSA) is 112 Å². The number of para-hydroxylation sites is 1. The second-order valence-corrected chi connectivity index (χ2v) is 7.13. The zero-order valence-electron chi connectivity index (χ0n) is 18.2. The molecule has 2 atom stereocenters. The van der Waals surface area contributed by atoms with Gasteiger partial charge in [0.05, 0.1) is 17.8 Å². The van der Waals surface area contributed by atoms with Crippen molar-refractivity contribution in [1.29, 1.82) is 5.26 Å².